The Morgan fingerprint density at radius 2 is 1.89 bits per heavy atom. The van der Waals surface area contributed by atoms with Crippen LogP contribution in [0.3, 0.4) is 0 Å². The van der Waals surface area contributed by atoms with Crippen molar-refractivity contribution in [3.63, 3.8) is 0 Å². The Morgan fingerprint density at radius 3 is 2.63 bits per heavy atom. The fourth-order valence-electron chi connectivity index (χ4n) is 2.16. The molecule has 3 rings (SSSR count). The summed E-state index contributed by atoms with van der Waals surface area (Å²) in [5, 5.41) is 0. The molecule has 3 heteroatoms. The van der Waals surface area contributed by atoms with Gasteiger partial charge in [-0.25, -0.2) is 4.98 Å². The van der Waals surface area contributed by atoms with Crippen LogP contribution in [0.25, 0.3) is 5.52 Å². The second-order valence-corrected chi connectivity index (χ2v) is 4.70. The summed E-state index contributed by atoms with van der Waals surface area (Å²) in [6.45, 7) is 2.10. The van der Waals surface area contributed by atoms with E-state index in [0.29, 0.717) is 0 Å². The molecule has 0 saturated carbocycles. The van der Waals surface area contributed by atoms with Crippen LogP contribution in [0.5, 0.6) is 5.75 Å². The van der Waals surface area contributed by atoms with Gasteiger partial charge in [0.15, 0.2) is 0 Å². The lowest BCUT2D eigenvalue weighted by Gasteiger charge is -2.05. The number of hydrogen-bond donors (Lipinski definition) is 0. The SMILES string of the molecule is COc1ccc2cnc(Cc3ccc(C)cc3)n2c1. The summed E-state index contributed by atoms with van der Waals surface area (Å²) in [5.74, 6) is 1.87. The molecule has 0 saturated heterocycles. The summed E-state index contributed by atoms with van der Waals surface area (Å²) < 4.78 is 7.35. The van der Waals surface area contributed by atoms with Gasteiger partial charge in [-0.15, -0.1) is 0 Å². The summed E-state index contributed by atoms with van der Waals surface area (Å²) in [6.07, 6.45) is 4.69. The number of ether oxygens (including phenoxy) is 1. The van der Waals surface area contributed by atoms with Crippen molar-refractivity contribution in [2.75, 3.05) is 7.11 Å². The first-order valence-electron chi connectivity index (χ1n) is 6.32. The number of aromatic nitrogens is 2. The molecule has 0 aliphatic carbocycles. The van der Waals surface area contributed by atoms with Gasteiger partial charge in [-0.05, 0) is 24.6 Å². The molecular formula is C16H16N2O. The maximum absolute atomic E-state index is 5.26. The molecule has 2 heterocycles. The predicted molar refractivity (Wildman–Crippen MR) is 75.7 cm³/mol. The Morgan fingerprint density at radius 1 is 1.11 bits per heavy atom. The van der Waals surface area contributed by atoms with Gasteiger partial charge in [-0.3, -0.25) is 4.40 Å². The van der Waals surface area contributed by atoms with E-state index in [-0.39, 0.29) is 0 Å². The highest BCUT2D eigenvalue weighted by atomic mass is 16.5. The van der Waals surface area contributed by atoms with Crippen LogP contribution in [-0.2, 0) is 6.42 Å². The second-order valence-electron chi connectivity index (χ2n) is 4.70. The highest BCUT2D eigenvalue weighted by molar-refractivity contribution is 5.48. The van der Waals surface area contributed by atoms with Crippen molar-refractivity contribution in [1.82, 2.24) is 9.38 Å². The number of fused-ring (bicyclic) bond motifs is 1. The van der Waals surface area contributed by atoms with Gasteiger partial charge < -0.3 is 4.74 Å². The van der Waals surface area contributed by atoms with Gasteiger partial charge >= 0.3 is 0 Å². The molecule has 0 fully saturated rings. The van der Waals surface area contributed by atoms with E-state index in [1.165, 1.54) is 11.1 Å². The summed E-state index contributed by atoms with van der Waals surface area (Å²) in [5.41, 5.74) is 3.63. The van der Waals surface area contributed by atoms with Crippen molar-refractivity contribution < 1.29 is 4.74 Å². The van der Waals surface area contributed by atoms with Crippen LogP contribution in [0.1, 0.15) is 17.0 Å². The van der Waals surface area contributed by atoms with Gasteiger partial charge in [0.25, 0.3) is 0 Å². The maximum Gasteiger partial charge on any atom is 0.135 e. The largest absolute Gasteiger partial charge is 0.495 e. The maximum atomic E-state index is 5.26. The van der Waals surface area contributed by atoms with E-state index in [0.717, 1.165) is 23.5 Å². The van der Waals surface area contributed by atoms with Gasteiger partial charge in [0, 0.05) is 6.42 Å². The molecular weight excluding hydrogens is 236 g/mol. The first kappa shape index (κ1) is 11.8. The highest BCUT2D eigenvalue weighted by Crippen LogP contribution is 2.17. The summed E-state index contributed by atoms with van der Waals surface area (Å²) >= 11 is 0. The Balaban J connectivity index is 1.98. The van der Waals surface area contributed by atoms with Crippen molar-refractivity contribution in [3.8, 4) is 5.75 Å². The Kier molecular flexibility index (Phi) is 2.95. The zero-order chi connectivity index (χ0) is 13.2. The van der Waals surface area contributed by atoms with Gasteiger partial charge in [-0.2, -0.15) is 0 Å². The number of rotatable bonds is 3. The molecule has 0 bridgehead atoms. The van der Waals surface area contributed by atoms with Crippen LogP contribution in [0.4, 0.5) is 0 Å². The van der Waals surface area contributed by atoms with Crippen molar-refractivity contribution in [2.45, 2.75) is 13.3 Å². The van der Waals surface area contributed by atoms with Crippen LogP contribution in [0.2, 0.25) is 0 Å². The molecule has 0 aliphatic rings. The molecule has 0 atom stereocenters. The lowest BCUT2D eigenvalue weighted by atomic mass is 10.1. The Bertz CT molecular complexity index is 698. The number of imidazole rings is 1. The number of nitrogens with zero attached hydrogens (tertiary/aromatic N) is 2. The summed E-state index contributed by atoms with van der Waals surface area (Å²) in [4.78, 5) is 4.50. The van der Waals surface area contributed by atoms with Crippen LogP contribution >= 0.6 is 0 Å². The number of methoxy groups -OCH3 is 1. The monoisotopic (exact) mass is 252 g/mol. The van der Waals surface area contributed by atoms with E-state index >= 15 is 0 Å². The first-order chi connectivity index (χ1) is 9.26. The molecule has 19 heavy (non-hydrogen) atoms. The van der Waals surface area contributed by atoms with E-state index < -0.39 is 0 Å². The third kappa shape index (κ3) is 2.32. The fraction of sp³-hybridized carbons (Fsp3) is 0.188. The first-order valence-corrected chi connectivity index (χ1v) is 6.32. The minimum atomic E-state index is 0.821. The average Bonchev–Trinajstić information content (AvgIpc) is 2.84. The Hall–Kier alpha value is -2.29. The molecule has 3 nitrogen and oxygen atoms in total. The van der Waals surface area contributed by atoms with Crippen LogP contribution in [-0.4, -0.2) is 16.5 Å². The molecule has 96 valence electrons. The predicted octanol–water partition coefficient (Wildman–Crippen LogP) is 3.24. The van der Waals surface area contributed by atoms with Crippen LogP contribution < -0.4 is 4.74 Å². The van der Waals surface area contributed by atoms with E-state index in [4.69, 9.17) is 4.74 Å². The van der Waals surface area contributed by atoms with Crippen molar-refractivity contribution in [1.29, 1.82) is 0 Å². The molecule has 3 aromatic rings. The third-order valence-corrected chi connectivity index (χ3v) is 3.30. The topological polar surface area (TPSA) is 26.5 Å². The van der Waals surface area contributed by atoms with Gasteiger partial charge in [0.2, 0.25) is 0 Å². The number of benzene rings is 1. The third-order valence-electron chi connectivity index (χ3n) is 3.30. The lowest BCUT2D eigenvalue weighted by molar-refractivity contribution is 0.412. The smallest absolute Gasteiger partial charge is 0.135 e. The van der Waals surface area contributed by atoms with Crippen LogP contribution in [0.15, 0.2) is 48.8 Å². The normalized spacial score (nSPS) is 10.8. The summed E-state index contributed by atoms with van der Waals surface area (Å²) in [7, 11) is 1.68. The van der Waals surface area contributed by atoms with E-state index in [1.807, 2.05) is 24.5 Å². The fourth-order valence-corrected chi connectivity index (χ4v) is 2.16. The molecule has 0 N–H and O–H groups in total. The van der Waals surface area contributed by atoms with Crippen LogP contribution in [0, 0.1) is 6.92 Å². The molecule has 0 aliphatic heterocycles. The number of aryl methyl sites for hydroxylation is 1. The molecule has 0 radical (unpaired) electrons. The van der Waals surface area contributed by atoms with E-state index in [9.17, 15) is 0 Å². The quantitative estimate of drug-likeness (QED) is 0.715. The molecule has 0 unspecified atom stereocenters. The second kappa shape index (κ2) is 4.76. The molecule has 2 aromatic heterocycles. The van der Waals surface area contributed by atoms with Crippen molar-refractivity contribution in [2.24, 2.45) is 0 Å². The minimum Gasteiger partial charge on any atom is -0.495 e. The van der Waals surface area contributed by atoms with Gasteiger partial charge in [0.05, 0.1) is 25.0 Å². The zero-order valence-electron chi connectivity index (χ0n) is 11.1. The van der Waals surface area contributed by atoms with Crippen molar-refractivity contribution in [3.05, 3.63) is 65.7 Å². The van der Waals surface area contributed by atoms with E-state index in [2.05, 4.69) is 40.6 Å². The van der Waals surface area contributed by atoms with Gasteiger partial charge in [0.1, 0.15) is 11.6 Å². The average molecular weight is 252 g/mol. The highest BCUT2D eigenvalue weighted by Gasteiger charge is 2.05. The minimum absolute atomic E-state index is 0.821. The van der Waals surface area contributed by atoms with E-state index in [1.54, 1.807) is 7.11 Å². The standard InChI is InChI=1S/C16H16N2O/c1-12-3-5-13(6-4-12)9-16-17-10-14-7-8-15(19-2)11-18(14)16/h3-8,10-11H,9H2,1-2H3. The molecule has 0 amide bonds. The molecule has 1 aromatic carbocycles. The Labute approximate surface area is 112 Å². The lowest BCUT2D eigenvalue weighted by Crippen LogP contribution is -1.97. The zero-order valence-corrected chi connectivity index (χ0v) is 11.1. The number of pyridine rings is 1. The summed E-state index contributed by atoms with van der Waals surface area (Å²) in [6, 6.07) is 12.5. The van der Waals surface area contributed by atoms with Gasteiger partial charge in [-0.1, -0.05) is 29.8 Å². The van der Waals surface area contributed by atoms with Crippen molar-refractivity contribution >= 4 is 5.52 Å². The number of hydrogen-bond acceptors (Lipinski definition) is 2. The molecule has 0 spiro atoms.